The minimum Gasteiger partial charge on any atom is -0.221 e. The van der Waals surface area contributed by atoms with E-state index in [2.05, 4.69) is 16.9 Å². The van der Waals surface area contributed by atoms with Crippen molar-refractivity contribution in [1.82, 2.24) is 9.97 Å². The topological polar surface area (TPSA) is 25.8 Å². The van der Waals surface area contributed by atoms with Gasteiger partial charge in [-0.1, -0.05) is 17.7 Å². The smallest absolute Gasteiger partial charge is 0.142 e. The Bertz CT molecular complexity index is 817. The Hall–Kier alpha value is -1.17. The summed E-state index contributed by atoms with van der Waals surface area (Å²) < 4.78 is 13.1. The maximum Gasteiger partial charge on any atom is 0.142 e. The van der Waals surface area contributed by atoms with Crippen molar-refractivity contribution in [3.8, 4) is 0 Å². The number of fused-ring (bicyclic) bond motifs is 1. The van der Waals surface area contributed by atoms with Crippen molar-refractivity contribution in [1.29, 1.82) is 0 Å². The molecule has 3 aromatic rings. The minimum absolute atomic E-state index is 0.237. The van der Waals surface area contributed by atoms with Crippen LogP contribution in [0.25, 0.3) is 10.2 Å². The lowest BCUT2D eigenvalue weighted by Crippen LogP contribution is -1.93. The number of rotatable bonds is 3. The molecule has 2 heterocycles. The third-order valence-electron chi connectivity index (χ3n) is 3.19. The predicted octanol–water partition coefficient (Wildman–Crippen LogP) is 5.39. The lowest BCUT2D eigenvalue weighted by molar-refractivity contribution is 0.624. The molecular weight excluding hydrogens is 327 g/mol. The van der Waals surface area contributed by atoms with Gasteiger partial charge in [0.25, 0.3) is 0 Å². The summed E-state index contributed by atoms with van der Waals surface area (Å²) in [5.41, 5.74) is 1.14. The molecule has 0 aliphatic rings. The third-order valence-corrected chi connectivity index (χ3v) is 5.56. The molecule has 0 aliphatic carbocycles. The van der Waals surface area contributed by atoms with Gasteiger partial charge >= 0.3 is 0 Å². The van der Waals surface area contributed by atoms with Crippen LogP contribution in [0.3, 0.4) is 0 Å². The number of hydrogen-bond acceptors (Lipinski definition) is 4. The van der Waals surface area contributed by atoms with Crippen LogP contribution in [0.15, 0.2) is 29.2 Å². The second-order valence-corrected chi connectivity index (χ2v) is 7.25. The highest BCUT2D eigenvalue weighted by Crippen LogP contribution is 2.33. The van der Waals surface area contributed by atoms with Crippen LogP contribution in [0, 0.1) is 19.7 Å². The number of aryl methyl sites for hydroxylation is 2. The fourth-order valence-corrected chi connectivity index (χ4v) is 4.24. The Morgan fingerprint density at radius 3 is 2.86 bits per heavy atom. The van der Waals surface area contributed by atoms with Crippen LogP contribution in [-0.2, 0) is 5.75 Å². The molecule has 2 aromatic heterocycles. The molecular formula is C15H12ClFN2S2. The Balaban J connectivity index is 1.88. The van der Waals surface area contributed by atoms with E-state index in [-0.39, 0.29) is 5.82 Å². The molecule has 6 heteroatoms. The molecule has 2 nitrogen and oxygen atoms in total. The molecule has 21 heavy (non-hydrogen) atoms. The van der Waals surface area contributed by atoms with Gasteiger partial charge in [-0.15, -0.1) is 23.1 Å². The Labute approximate surface area is 135 Å². The molecule has 108 valence electrons. The van der Waals surface area contributed by atoms with Crippen molar-refractivity contribution in [3.63, 3.8) is 0 Å². The molecule has 0 bridgehead atoms. The van der Waals surface area contributed by atoms with Crippen molar-refractivity contribution >= 4 is 44.9 Å². The largest absolute Gasteiger partial charge is 0.221 e. The predicted molar refractivity (Wildman–Crippen MR) is 87.9 cm³/mol. The molecule has 3 rings (SSSR count). The van der Waals surface area contributed by atoms with Crippen molar-refractivity contribution in [2.75, 3.05) is 0 Å². The van der Waals surface area contributed by atoms with E-state index in [9.17, 15) is 4.39 Å². The SMILES string of the molecule is Cc1sc2nc(CSc3cccc(F)c3)nc(Cl)c2c1C. The van der Waals surface area contributed by atoms with Gasteiger partial charge < -0.3 is 0 Å². The zero-order valence-corrected chi connectivity index (χ0v) is 13.9. The van der Waals surface area contributed by atoms with Crippen molar-refractivity contribution in [2.24, 2.45) is 0 Å². The highest BCUT2D eigenvalue weighted by atomic mass is 35.5. The molecule has 0 fully saturated rings. The summed E-state index contributed by atoms with van der Waals surface area (Å²) in [7, 11) is 0. The minimum atomic E-state index is -0.237. The number of benzene rings is 1. The van der Waals surface area contributed by atoms with Gasteiger partial charge in [-0.2, -0.15) is 0 Å². The maximum absolute atomic E-state index is 13.1. The van der Waals surface area contributed by atoms with E-state index in [1.807, 2.05) is 13.0 Å². The molecule has 0 atom stereocenters. The van der Waals surface area contributed by atoms with E-state index >= 15 is 0 Å². The Morgan fingerprint density at radius 2 is 2.10 bits per heavy atom. The van der Waals surface area contributed by atoms with Crippen molar-refractivity contribution < 1.29 is 4.39 Å². The van der Waals surface area contributed by atoms with E-state index in [0.717, 1.165) is 20.7 Å². The van der Waals surface area contributed by atoms with E-state index in [0.29, 0.717) is 16.7 Å². The highest BCUT2D eigenvalue weighted by Gasteiger charge is 2.13. The van der Waals surface area contributed by atoms with Gasteiger partial charge in [0.1, 0.15) is 21.6 Å². The van der Waals surface area contributed by atoms with Gasteiger partial charge in [0.15, 0.2) is 0 Å². The lowest BCUT2D eigenvalue weighted by atomic mass is 10.2. The first kappa shape index (κ1) is 14.8. The zero-order valence-electron chi connectivity index (χ0n) is 11.5. The van der Waals surface area contributed by atoms with Crippen LogP contribution in [-0.4, -0.2) is 9.97 Å². The van der Waals surface area contributed by atoms with E-state index < -0.39 is 0 Å². The second kappa shape index (κ2) is 5.91. The van der Waals surface area contributed by atoms with Gasteiger partial charge in [0, 0.05) is 9.77 Å². The number of nitrogens with zero attached hydrogens (tertiary/aromatic N) is 2. The summed E-state index contributed by atoms with van der Waals surface area (Å²) in [6.45, 7) is 4.09. The van der Waals surface area contributed by atoms with Crippen LogP contribution >= 0.6 is 34.7 Å². The van der Waals surface area contributed by atoms with Crippen molar-refractivity contribution in [2.45, 2.75) is 24.5 Å². The van der Waals surface area contributed by atoms with Crippen LogP contribution < -0.4 is 0 Å². The maximum atomic E-state index is 13.1. The van der Waals surface area contributed by atoms with Crippen LogP contribution in [0.2, 0.25) is 5.15 Å². The average molecular weight is 339 g/mol. The highest BCUT2D eigenvalue weighted by molar-refractivity contribution is 7.98. The summed E-state index contributed by atoms with van der Waals surface area (Å²) >= 11 is 9.40. The van der Waals surface area contributed by atoms with Crippen LogP contribution in [0.5, 0.6) is 0 Å². The van der Waals surface area contributed by atoms with Crippen molar-refractivity contribution in [3.05, 3.63) is 51.5 Å². The monoisotopic (exact) mass is 338 g/mol. The first-order valence-corrected chi connectivity index (χ1v) is 8.53. The lowest BCUT2D eigenvalue weighted by Gasteiger charge is -2.03. The number of hydrogen-bond donors (Lipinski definition) is 0. The normalized spacial score (nSPS) is 11.2. The van der Waals surface area contributed by atoms with Gasteiger partial charge in [-0.05, 0) is 37.6 Å². The van der Waals surface area contributed by atoms with Crippen LogP contribution in [0.1, 0.15) is 16.3 Å². The molecule has 0 saturated heterocycles. The van der Waals surface area contributed by atoms with Gasteiger partial charge in [-0.3, -0.25) is 0 Å². The second-order valence-electron chi connectivity index (χ2n) is 4.64. The molecule has 0 aliphatic heterocycles. The zero-order chi connectivity index (χ0) is 15.0. The van der Waals surface area contributed by atoms with Gasteiger partial charge in [-0.25, -0.2) is 14.4 Å². The van der Waals surface area contributed by atoms with E-state index in [1.165, 1.54) is 28.8 Å². The first-order valence-electron chi connectivity index (χ1n) is 6.35. The molecule has 0 unspecified atom stereocenters. The third kappa shape index (κ3) is 3.05. The quantitative estimate of drug-likeness (QED) is 0.473. The standard InChI is InChI=1S/C15H12ClFN2S2/c1-8-9(2)21-15-13(8)14(16)18-12(19-15)7-20-11-5-3-4-10(17)6-11/h3-6H,7H2,1-2H3. The fourth-order valence-electron chi connectivity index (χ4n) is 2.01. The number of thioether (sulfide) groups is 1. The van der Waals surface area contributed by atoms with E-state index in [1.54, 1.807) is 17.4 Å². The molecule has 0 N–H and O–H groups in total. The summed E-state index contributed by atoms with van der Waals surface area (Å²) in [6, 6.07) is 6.50. The molecule has 0 radical (unpaired) electrons. The molecule has 0 saturated carbocycles. The van der Waals surface area contributed by atoms with Gasteiger partial charge in [0.05, 0.1) is 11.1 Å². The number of thiophene rings is 1. The summed E-state index contributed by atoms with van der Waals surface area (Å²) in [5.74, 6) is 0.997. The molecule has 1 aromatic carbocycles. The Morgan fingerprint density at radius 1 is 1.29 bits per heavy atom. The van der Waals surface area contributed by atoms with E-state index in [4.69, 9.17) is 11.6 Å². The number of aromatic nitrogens is 2. The number of halogens is 2. The fraction of sp³-hybridized carbons (Fsp3) is 0.200. The summed E-state index contributed by atoms with van der Waals surface area (Å²) in [6.07, 6.45) is 0. The van der Waals surface area contributed by atoms with Crippen LogP contribution in [0.4, 0.5) is 4.39 Å². The average Bonchev–Trinajstić information content (AvgIpc) is 2.72. The van der Waals surface area contributed by atoms with Gasteiger partial charge in [0.2, 0.25) is 0 Å². The summed E-state index contributed by atoms with van der Waals surface area (Å²) in [5, 5.41) is 1.44. The first-order chi connectivity index (χ1) is 10.0. The molecule has 0 spiro atoms. The summed E-state index contributed by atoms with van der Waals surface area (Å²) in [4.78, 5) is 11.9. The molecule has 0 amide bonds. The Kier molecular flexibility index (Phi) is 4.15.